The second kappa shape index (κ2) is 7.50. The van der Waals surface area contributed by atoms with E-state index in [1.165, 1.54) is 0 Å². The Kier molecular flexibility index (Phi) is 6.31. The van der Waals surface area contributed by atoms with Gasteiger partial charge in [-0.25, -0.2) is 0 Å². The van der Waals surface area contributed by atoms with E-state index in [-0.39, 0.29) is 18.6 Å². The van der Waals surface area contributed by atoms with Crippen molar-refractivity contribution in [2.45, 2.75) is 45.9 Å². The molecule has 106 valence electrons. The van der Waals surface area contributed by atoms with Crippen molar-refractivity contribution in [3.05, 3.63) is 28.2 Å². The van der Waals surface area contributed by atoms with Crippen molar-refractivity contribution in [3.63, 3.8) is 0 Å². The second-order valence-corrected chi connectivity index (χ2v) is 5.34. The van der Waals surface area contributed by atoms with Crippen molar-refractivity contribution in [1.82, 2.24) is 5.32 Å². The Morgan fingerprint density at radius 1 is 1.47 bits per heavy atom. The molecule has 0 radical (unpaired) electrons. The lowest BCUT2D eigenvalue weighted by Crippen LogP contribution is -2.40. The third kappa shape index (κ3) is 4.84. The van der Waals surface area contributed by atoms with Gasteiger partial charge in [0.25, 0.3) is 5.91 Å². The highest BCUT2D eigenvalue weighted by Gasteiger charge is 2.16. The van der Waals surface area contributed by atoms with Crippen LogP contribution in [0.5, 0.6) is 5.75 Å². The van der Waals surface area contributed by atoms with E-state index < -0.39 is 6.10 Å². The van der Waals surface area contributed by atoms with Crippen molar-refractivity contribution in [2.24, 2.45) is 0 Å². The molecule has 0 aliphatic carbocycles. The van der Waals surface area contributed by atoms with Gasteiger partial charge in [0.05, 0.1) is 6.61 Å². The number of nitrogens with one attached hydrogen (secondary N) is 1. The zero-order chi connectivity index (χ0) is 14.4. The summed E-state index contributed by atoms with van der Waals surface area (Å²) in [5, 5.41) is 12.0. The summed E-state index contributed by atoms with van der Waals surface area (Å²) >= 11 is 3.33. The lowest BCUT2D eigenvalue weighted by Gasteiger charge is -2.18. The van der Waals surface area contributed by atoms with Crippen molar-refractivity contribution in [3.8, 4) is 5.75 Å². The van der Waals surface area contributed by atoms with Crippen molar-refractivity contribution >= 4 is 21.8 Å². The lowest BCUT2D eigenvalue weighted by atomic mass is 10.2. The zero-order valence-corrected chi connectivity index (χ0v) is 13.0. The quantitative estimate of drug-likeness (QED) is 0.843. The Bertz CT molecular complexity index is 437. The molecule has 0 aliphatic heterocycles. The molecule has 0 spiro atoms. The summed E-state index contributed by atoms with van der Waals surface area (Å²) in [6, 6.07) is 5.41. The van der Waals surface area contributed by atoms with Gasteiger partial charge in [0.1, 0.15) is 5.75 Å². The Morgan fingerprint density at radius 2 is 2.16 bits per heavy atom. The Hall–Kier alpha value is -1.07. The predicted octanol–water partition coefficient (Wildman–Crippen LogP) is 2.62. The van der Waals surface area contributed by atoms with Gasteiger partial charge in [-0.1, -0.05) is 22.9 Å². The summed E-state index contributed by atoms with van der Waals surface area (Å²) in [5.74, 6) is 0.432. The molecular weight excluding hydrogens is 310 g/mol. The first-order chi connectivity index (χ1) is 8.97. The van der Waals surface area contributed by atoms with Gasteiger partial charge in [-0.3, -0.25) is 4.79 Å². The highest BCUT2D eigenvalue weighted by molar-refractivity contribution is 9.10. The molecule has 2 N–H and O–H groups in total. The van der Waals surface area contributed by atoms with Crippen LogP contribution in [0.2, 0.25) is 0 Å². The molecule has 19 heavy (non-hydrogen) atoms. The first kappa shape index (κ1) is 16.0. The number of carbonyl (C=O) groups is 1. The number of rotatable bonds is 6. The molecule has 4 nitrogen and oxygen atoms in total. The van der Waals surface area contributed by atoms with Gasteiger partial charge in [-0.15, -0.1) is 0 Å². The Labute approximate surface area is 122 Å². The summed E-state index contributed by atoms with van der Waals surface area (Å²) in [5.41, 5.74) is 0.729. The standard InChI is InChI=1S/C14H20BrNO3/c1-4-9(2)16-14(18)10(3)19-12-5-6-13(15)11(7-12)8-17/h5-7,9-10,17H,4,8H2,1-3H3,(H,16,18). The fourth-order valence-corrected chi connectivity index (χ4v) is 1.84. The van der Waals surface area contributed by atoms with Crippen LogP contribution < -0.4 is 10.1 Å². The van der Waals surface area contributed by atoms with E-state index in [1.54, 1.807) is 25.1 Å². The monoisotopic (exact) mass is 329 g/mol. The minimum atomic E-state index is -0.568. The third-order valence-corrected chi connectivity index (χ3v) is 3.64. The van der Waals surface area contributed by atoms with Crippen LogP contribution in [0.4, 0.5) is 0 Å². The zero-order valence-electron chi connectivity index (χ0n) is 11.4. The molecule has 5 heteroatoms. The smallest absolute Gasteiger partial charge is 0.260 e. The van der Waals surface area contributed by atoms with Crippen molar-refractivity contribution in [2.75, 3.05) is 0 Å². The van der Waals surface area contributed by atoms with Gasteiger partial charge in [-0.05, 0) is 44.0 Å². The van der Waals surface area contributed by atoms with Crippen LogP contribution in [0.1, 0.15) is 32.8 Å². The SMILES string of the molecule is CCC(C)NC(=O)C(C)Oc1ccc(Br)c(CO)c1. The number of ether oxygens (including phenoxy) is 1. The third-order valence-electron chi connectivity index (χ3n) is 2.87. The maximum Gasteiger partial charge on any atom is 0.260 e. The van der Waals surface area contributed by atoms with E-state index in [0.717, 1.165) is 16.5 Å². The van der Waals surface area contributed by atoms with Gasteiger partial charge in [0.2, 0.25) is 0 Å². The predicted molar refractivity (Wildman–Crippen MR) is 78.1 cm³/mol. The van der Waals surface area contributed by atoms with Crippen LogP contribution >= 0.6 is 15.9 Å². The number of hydrogen-bond acceptors (Lipinski definition) is 3. The fourth-order valence-electron chi connectivity index (χ4n) is 1.47. The van der Waals surface area contributed by atoms with Crippen LogP contribution in [-0.4, -0.2) is 23.2 Å². The van der Waals surface area contributed by atoms with Gasteiger partial charge >= 0.3 is 0 Å². The number of aliphatic hydroxyl groups is 1. The van der Waals surface area contributed by atoms with Crippen LogP contribution in [-0.2, 0) is 11.4 Å². The normalized spacial score (nSPS) is 13.7. The molecule has 0 fully saturated rings. The molecule has 2 atom stereocenters. The van der Waals surface area contributed by atoms with E-state index in [4.69, 9.17) is 4.74 Å². The van der Waals surface area contributed by atoms with Gasteiger partial charge in [0.15, 0.2) is 6.10 Å². The average molecular weight is 330 g/mol. The molecule has 1 rings (SSSR count). The van der Waals surface area contributed by atoms with Gasteiger partial charge in [-0.2, -0.15) is 0 Å². The van der Waals surface area contributed by atoms with Crippen molar-refractivity contribution < 1.29 is 14.6 Å². The van der Waals surface area contributed by atoms with E-state index in [0.29, 0.717) is 5.75 Å². The molecule has 0 saturated carbocycles. The molecule has 0 aromatic heterocycles. The largest absolute Gasteiger partial charge is 0.481 e. The minimum Gasteiger partial charge on any atom is -0.481 e. The number of benzene rings is 1. The van der Waals surface area contributed by atoms with Crippen LogP contribution in [0.25, 0.3) is 0 Å². The van der Waals surface area contributed by atoms with E-state index in [2.05, 4.69) is 21.2 Å². The molecule has 1 amide bonds. The topological polar surface area (TPSA) is 58.6 Å². The van der Waals surface area contributed by atoms with E-state index in [1.807, 2.05) is 13.8 Å². The van der Waals surface area contributed by atoms with Gasteiger partial charge in [0, 0.05) is 10.5 Å². The lowest BCUT2D eigenvalue weighted by molar-refractivity contribution is -0.127. The summed E-state index contributed by atoms with van der Waals surface area (Å²) < 4.78 is 6.39. The maximum absolute atomic E-state index is 11.8. The van der Waals surface area contributed by atoms with Crippen LogP contribution in [0.15, 0.2) is 22.7 Å². The minimum absolute atomic E-state index is 0.0781. The van der Waals surface area contributed by atoms with E-state index in [9.17, 15) is 9.90 Å². The van der Waals surface area contributed by atoms with E-state index >= 15 is 0 Å². The molecule has 0 saturated heterocycles. The van der Waals surface area contributed by atoms with Crippen molar-refractivity contribution in [1.29, 1.82) is 0 Å². The number of halogens is 1. The highest BCUT2D eigenvalue weighted by Crippen LogP contribution is 2.23. The molecule has 0 aliphatic rings. The number of hydrogen-bond donors (Lipinski definition) is 2. The number of amides is 1. The number of carbonyl (C=O) groups excluding carboxylic acids is 1. The molecular formula is C14H20BrNO3. The first-order valence-corrected chi connectivity index (χ1v) is 7.13. The average Bonchev–Trinajstić information content (AvgIpc) is 2.40. The maximum atomic E-state index is 11.8. The van der Waals surface area contributed by atoms with Gasteiger partial charge < -0.3 is 15.2 Å². The summed E-state index contributed by atoms with van der Waals surface area (Å²) in [4.78, 5) is 11.8. The molecule has 2 unspecified atom stereocenters. The molecule has 0 bridgehead atoms. The van der Waals surface area contributed by atoms with Crippen LogP contribution in [0.3, 0.4) is 0 Å². The number of aliphatic hydroxyl groups excluding tert-OH is 1. The summed E-state index contributed by atoms with van der Waals surface area (Å²) in [6.07, 6.45) is 0.313. The highest BCUT2D eigenvalue weighted by atomic mass is 79.9. The molecule has 0 heterocycles. The fraction of sp³-hybridized carbons (Fsp3) is 0.500. The Balaban J connectivity index is 2.66. The molecule has 1 aromatic rings. The van der Waals surface area contributed by atoms with Crippen LogP contribution in [0, 0.1) is 0 Å². The second-order valence-electron chi connectivity index (χ2n) is 4.49. The first-order valence-electron chi connectivity index (χ1n) is 6.34. The summed E-state index contributed by atoms with van der Waals surface area (Å²) in [7, 11) is 0. The molecule has 1 aromatic carbocycles. The summed E-state index contributed by atoms with van der Waals surface area (Å²) in [6.45, 7) is 5.59. The Morgan fingerprint density at radius 3 is 2.74 bits per heavy atom.